The summed E-state index contributed by atoms with van der Waals surface area (Å²) in [5.74, 6) is -7.36. The number of aromatic hydroxyl groups is 1. The first-order valence-corrected chi connectivity index (χ1v) is 14.3. The SMILES string of the molecule is CCC(CC)Cc1cc(-c2ccoc2)c2c(c1O)C(O)=C1C(=O)[C@]3(O)C(O)=C(C(N)=O)C(=O)[C@@H](C(C)C)[C@@H]3C[C@@H]1C2. The zero-order valence-electron chi connectivity index (χ0n) is 23.7. The molecule has 9 nitrogen and oxygen atoms in total. The number of benzene rings is 1. The van der Waals surface area contributed by atoms with Crippen molar-refractivity contribution < 1.29 is 39.2 Å². The van der Waals surface area contributed by atoms with Crippen LogP contribution in [-0.4, -0.2) is 43.5 Å². The van der Waals surface area contributed by atoms with Crippen molar-refractivity contribution in [1.82, 2.24) is 0 Å². The molecule has 1 heterocycles. The standard InChI is InChI=1S/C32H37NO8/c1-5-15(6-2)9-18-11-19(16-7-8-41-13-16)20-10-17-12-21-22(14(3)4)27(35)25(31(33)39)30(38)32(21,40)29(37)23(17)28(36)24(20)26(18)34/h7-8,11,13-15,17,21-22,34,36,38,40H,5-6,9-10,12H2,1-4H3,(H2,33,39)/t17-,21-,22-,32-/m0/s1. The van der Waals surface area contributed by atoms with Gasteiger partial charge in [0.1, 0.15) is 22.8 Å². The maximum absolute atomic E-state index is 14.1. The zero-order valence-corrected chi connectivity index (χ0v) is 23.7. The van der Waals surface area contributed by atoms with Crippen LogP contribution in [0.25, 0.3) is 16.9 Å². The quantitative estimate of drug-likeness (QED) is 0.305. The van der Waals surface area contributed by atoms with Crippen molar-refractivity contribution in [3.63, 3.8) is 0 Å². The number of ketones is 2. The van der Waals surface area contributed by atoms with E-state index in [9.17, 15) is 34.8 Å². The molecule has 41 heavy (non-hydrogen) atoms. The second kappa shape index (κ2) is 10.2. The van der Waals surface area contributed by atoms with Gasteiger partial charge >= 0.3 is 0 Å². The molecular formula is C32H37NO8. The lowest BCUT2D eigenvalue weighted by atomic mass is 9.54. The summed E-state index contributed by atoms with van der Waals surface area (Å²) >= 11 is 0. The Bertz CT molecular complexity index is 1490. The zero-order chi connectivity index (χ0) is 30.0. The number of amides is 1. The molecule has 1 aromatic carbocycles. The van der Waals surface area contributed by atoms with E-state index in [0.29, 0.717) is 17.5 Å². The van der Waals surface area contributed by atoms with E-state index in [0.717, 1.165) is 24.0 Å². The highest BCUT2D eigenvalue weighted by molar-refractivity contribution is 6.23. The molecule has 0 radical (unpaired) electrons. The second-order valence-electron chi connectivity index (χ2n) is 12.0. The number of aliphatic hydroxyl groups excluding tert-OH is 2. The van der Waals surface area contributed by atoms with Crippen LogP contribution in [0.4, 0.5) is 0 Å². The van der Waals surface area contributed by atoms with Gasteiger partial charge in [-0.05, 0) is 65.8 Å². The van der Waals surface area contributed by atoms with E-state index < -0.39 is 57.9 Å². The molecule has 1 amide bonds. The number of fused-ring (bicyclic) bond motifs is 3. The summed E-state index contributed by atoms with van der Waals surface area (Å²) in [6.07, 6.45) is 5.75. The van der Waals surface area contributed by atoms with Crippen LogP contribution in [0.15, 0.2) is 46.0 Å². The molecule has 0 unspecified atom stereocenters. The molecule has 3 aliphatic rings. The van der Waals surface area contributed by atoms with Crippen LogP contribution >= 0.6 is 0 Å². The molecule has 1 aromatic heterocycles. The van der Waals surface area contributed by atoms with Crippen LogP contribution < -0.4 is 5.73 Å². The number of primary amides is 1. The molecule has 1 saturated carbocycles. The summed E-state index contributed by atoms with van der Waals surface area (Å²) in [4.78, 5) is 39.7. The van der Waals surface area contributed by atoms with E-state index in [4.69, 9.17) is 10.2 Å². The summed E-state index contributed by atoms with van der Waals surface area (Å²) in [5.41, 5.74) is 4.72. The normalized spacial score (nSPS) is 26.0. The fourth-order valence-corrected chi connectivity index (χ4v) is 7.33. The third kappa shape index (κ3) is 4.12. The lowest BCUT2D eigenvalue weighted by molar-refractivity contribution is -0.155. The summed E-state index contributed by atoms with van der Waals surface area (Å²) in [5, 5.41) is 46.1. The highest BCUT2D eigenvalue weighted by atomic mass is 16.3. The predicted molar refractivity (Wildman–Crippen MR) is 151 cm³/mol. The summed E-state index contributed by atoms with van der Waals surface area (Å²) in [7, 11) is 0. The lowest BCUT2D eigenvalue weighted by Crippen LogP contribution is -2.62. The Morgan fingerprint density at radius 3 is 2.41 bits per heavy atom. The van der Waals surface area contributed by atoms with E-state index in [2.05, 4.69) is 13.8 Å². The van der Waals surface area contributed by atoms with E-state index in [-0.39, 0.29) is 41.6 Å². The largest absolute Gasteiger partial charge is 0.508 e. The molecule has 4 atom stereocenters. The van der Waals surface area contributed by atoms with E-state index in [1.165, 1.54) is 6.26 Å². The number of furan rings is 1. The Morgan fingerprint density at radius 2 is 1.85 bits per heavy atom. The average Bonchev–Trinajstić information content (AvgIpc) is 3.45. The first kappa shape index (κ1) is 28.7. The molecule has 0 bridgehead atoms. The van der Waals surface area contributed by atoms with Gasteiger partial charge in [-0.1, -0.05) is 40.5 Å². The monoisotopic (exact) mass is 563 g/mol. The van der Waals surface area contributed by atoms with Crippen LogP contribution in [0.3, 0.4) is 0 Å². The Hall–Kier alpha value is -3.85. The van der Waals surface area contributed by atoms with Crippen LogP contribution in [0, 0.1) is 29.6 Å². The third-order valence-electron chi connectivity index (χ3n) is 9.54. The Morgan fingerprint density at radius 1 is 1.17 bits per heavy atom. The number of Topliss-reactive ketones (excluding diaryl/α,β-unsaturated/α-hetero) is 2. The first-order chi connectivity index (χ1) is 19.4. The number of phenols is 1. The molecule has 0 spiro atoms. The van der Waals surface area contributed by atoms with Gasteiger partial charge in [0.25, 0.3) is 5.91 Å². The van der Waals surface area contributed by atoms with Crippen molar-refractivity contribution in [3.05, 3.63) is 58.3 Å². The molecule has 2 aromatic rings. The van der Waals surface area contributed by atoms with Crippen molar-refractivity contribution in [1.29, 1.82) is 0 Å². The number of hydrogen-bond acceptors (Lipinski definition) is 8. The fraction of sp³-hybridized carbons (Fsp3) is 0.469. The number of phenolic OH excluding ortho intramolecular Hbond substituents is 1. The number of nitrogens with two attached hydrogens (primary N) is 1. The summed E-state index contributed by atoms with van der Waals surface area (Å²) < 4.78 is 5.35. The van der Waals surface area contributed by atoms with Crippen LogP contribution in [0.1, 0.15) is 63.6 Å². The Kier molecular flexibility index (Phi) is 7.14. The van der Waals surface area contributed by atoms with Crippen molar-refractivity contribution in [3.8, 4) is 16.9 Å². The fourth-order valence-electron chi connectivity index (χ4n) is 7.33. The average molecular weight is 564 g/mol. The number of carbonyl (C=O) groups is 3. The van der Waals surface area contributed by atoms with E-state index in [1.54, 1.807) is 26.2 Å². The van der Waals surface area contributed by atoms with Gasteiger partial charge in [0.2, 0.25) is 5.78 Å². The lowest BCUT2D eigenvalue weighted by Gasteiger charge is -2.50. The number of aliphatic hydroxyl groups is 3. The van der Waals surface area contributed by atoms with Gasteiger partial charge in [0.05, 0.1) is 18.1 Å². The highest BCUT2D eigenvalue weighted by Crippen LogP contribution is 2.56. The Labute approximate surface area is 238 Å². The van der Waals surface area contributed by atoms with Crippen LogP contribution in [-0.2, 0) is 27.2 Å². The number of carbonyl (C=O) groups excluding carboxylic acids is 3. The van der Waals surface area contributed by atoms with Crippen molar-refractivity contribution in [2.45, 2.75) is 65.4 Å². The van der Waals surface area contributed by atoms with Gasteiger partial charge in [-0.25, -0.2) is 0 Å². The maximum atomic E-state index is 14.1. The molecule has 218 valence electrons. The number of rotatable bonds is 7. The van der Waals surface area contributed by atoms with E-state index >= 15 is 0 Å². The van der Waals surface area contributed by atoms with Crippen LogP contribution in [0.5, 0.6) is 5.75 Å². The molecule has 0 saturated heterocycles. The van der Waals surface area contributed by atoms with Crippen molar-refractivity contribution >= 4 is 23.2 Å². The summed E-state index contributed by atoms with van der Waals surface area (Å²) in [6.45, 7) is 7.62. The topological polar surface area (TPSA) is 171 Å². The molecule has 1 fully saturated rings. The van der Waals surface area contributed by atoms with Gasteiger partial charge in [0.15, 0.2) is 11.4 Å². The first-order valence-electron chi connectivity index (χ1n) is 14.3. The molecule has 5 rings (SSSR count). The minimum absolute atomic E-state index is 0.0762. The predicted octanol–water partition coefficient (Wildman–Crippen LogP) is 4.54. The molecule has 9 heteroatoms. The molecule has 0 aliphatic heterocycles. The van der Waals surface area contributed by atoms with Crippen molar-refractivity contribution in [2.75, 3.05) is 0 Å². The molecule has 6 N–H and O–H groups in total. The smallest absolute Gasteiger partial charge is 0.255 e. The van der Waals surface area contributed by atoms with Crippen molar-refractivity contribution in [2.24, 2.45) is 35.3 Å². The van der Waals surface area contributed by atoms with Gasteiger partial charge in [0, 0.05) is 23.0 Å². The number of hydrogen-bond donors (Lipinski definition) is 5. The molecular weight excluding hydrogens is 526 g/mol. The minimum Gasteiger partial charge on any atom is -0.508 e. The van der Waals surface area contributed by atoms with Crippen LogP contribution in [0.2, 0.25) is 0 Å². The maximum Gasteiger partial charge on any atom is 0.255 e. The van der Waals surface area contributed by atoms with Gasteiger partial charge in [-0.15, -0.1) is 0 Å². The van der Waals surface area contributed by atoms with Gasteiger partial charge in [-0.3, -0.25) is 14.4 Å². The van der Waals surface area contributed by atoms with Gasteiger partial charge in [-0.2, -0.15) is 0 Å². The van der Waals surface area contributed by atoms with Gasteiger partial charge < -0.3 is 30.6 Å². The third-order valence-corrected chi connectivity index (χ3v) is 9.54. The minimum atomic E-state index is -2.62. The summed E-state index contributed by atoms with van der Waals surface area (Å²) in [6, 6.07) is 3.70. The van der Waals surface area contributed by atoms with E-state index in [1.807, 2.05) is 6.07 Å². The highest BCUT2D eigenvalue weighted by Gasteiger charge is 2.64. The second-order valence-corrected chi connectivity index (χ2v) is 12.0. The molecule has 3 aliphatic carbocycles. The Balaban J connectivity index is 1.76.